The molecule has 0 spiro atoms. The number of rotatable bonds is 5. The first-order valence-electron chi connectivity index (χ1n) is 8.89. The highest BCUT2D eigenvalue weighted by Crippen LogP contribution is 2.23. The van der Waals surface area contributed by atoms with Crippen LogP contribution in [0.4, 0.5) is 0 Å². The van der Waals surface area contributed by atoms with E-state index < -0.39 is 0 Å². The Morgan fingerprint density at radius 3 is 2.69 bits per heavy atom. The fraction of sp³-hybridized carbons (Fsp3) is 0.286. The fourth-order valence-corrected chi connectivity index (χ4v) is 3.12. The third-order valence-corrected chi connectivity index (χ3v) is 4.46. The Morgan fingerprint density at radius 1 is 1.08 bits per heavy atom. The zero-order chi connectivity index (χ0) is 17.8. The van der Waals surface area contributed by atoms with Gasteiger partial charge in [-0.1, -0.05) is 18.2 Å². The second kappa shape index (κ2) is 7.72. The maximum Gasteiger partial charge on any atom is 0.343 e. The maximum atomic E-state index is 12.2. The highest BCUT2D eigenvalue weighted by atomic mass is 16.7. The summed E-state index contributed by atoms with van der Waals surface area (Å²) >= 11 is 0. The number of hydrogen-bond donors (Lipinski definition) is 0. The quantitative estimate of drug-likeness (QED) is 0.515. The van der Waals surface area contributed by atoms with Gasteiger partial charge in [0.25, 0.3) is 0 Å². The van der Waals surface area contributed by atoms with E-state index in [2.05, 4.69) is 4.57 Å². The van der Waals surface area contributed by atoms with Gasteiger partial charge in [-0.3, -0.25) is 0 Å². The number of benzene rings is 2. The monoisotopic (exact) mass is 351 g/mol. The summed E-state index contributed by atoms with van der Waals surface area (Å²) in [7, 11) is 0. The summed E-state index contributed by atoms with van der Waals surface area (Å²) < 4.78 is 18.9. The van der Waals surface area contributed by atoms with Gasteiger partial charge in [0.2, 0.25) is 0 Å². The van der Waals surface area contributed by atoms with E-state index in [9.17, 15) is 4.79 Å². The number of nitrogens with zero attached hydrogens (tertiary/aromatic N) is 1. The van der Waals surface area contributed by atoms with E-state index in [1.807, 2.05) is 48.7 Å². The summed E-state index contributed by atoms with van der Waals surface area (Å²) in [6.07, 6.45) is 3.70. The molecule has 1 aliphatic heterocycles. The lowest BCUT2D eigenvalue weighted by Crippen LogP contribution is -2.25. The van der Waals surface area contributed by atoms with Crippen molar-refractivity contribution in [3.63, 3.8) is 0 Å². The number of ether oxygens (including phenoxy) is 3. The SMILES string of the molecule is O=C(Oc1ccc2c(ccn2CCC2OCCCO2)c1)c1ccccc1. The Balaban J connectivity index is 1.44. The summed E-state index contributed by atoms with van der Waals surface area (Å²) in [6, 6.07) is 16.7. The van der Waals surface area contributed by atoms with Gasteiger partial charge in [-0.2, -0.15) is 0 Å². The van der Waals surface area contributed by atoms with Crippen molar-refractivity contribution in [1.29, 1.82) is 0 Å². The van der Waals surface area contributed by atoms with Crippen molar-refractivity contribution in [2.24, 2.45) is 0 Å². The summed E-state index contributed by atoms with van der Waals surface area (Å²) in [4.78, 5) is 12.2. The van der Waals surface area contributed by atoms with Gasteiger partial charge in [0.05, 0.1) is 18.8 Å². The minimum atomic E-state index is -0.351. The van der Waals surface area contributed by atoms with Gasteiger partial charge >= 0.3 is 5.97 Å². The topological polar surface area (TPSA) is 49.7 Å². The molecule has 26 heavy (non-hydrogen) atoms. The van der Waals surface area contributed by atoms with Crippen molar-refractivity contribution in [3.05, 3.63) is 66.4 Å². The van der Waals surface area contributed by atoms with Crippen molar-refractivity contribution < 1.29 is 19.0 Å². The predicted octanol–water partition coefficient (Wildman–Crippen LogP) is 4.01. The fourth-order valence-electron chi connectivity index (χ4n) is 3.12. The number of esters is 1. The number of carbonyl (C=O) groups is 1. The predicted molar refractivity (Wildman–Crippen MR) is 98.3 cm³/mol. The van der Waals surface area contributed by atoms with Crippen LogP contribution in [0.3, 0.4) is 0 Å². The number of hydrogen-bond acceptors (Lipinski definition) is 4. The largest absolute Gasteiger partial charge is 0.423 e. The van der Waals surface area contributed by atoms with Crippen LogP contribution >= 0.6 is 0 Å². The molecule has 1 fully saturated rings. The first kappa shape index (κ1) is 16.8. The summed E-state index contributed by atoms with van der Waals surface area (Å²) in [5, 5.41) is 1.04. The molecule has 0 bridgehead atoms. The van der Waals surface area contributed by atoms with Crippen molar-refractivity contribution >= 4 is 16.9 Å². The molecule has 1 aromatic heterocycles. The molecule has 3 aromatic rings. The Labute approximate surface area is 152 Å². The Morgan fingerprint density at radius 2 is 1.88 bits per heavy atom. The van der Waals surface area contributed by atoms with E-state index in [0.29, 0.717) is 11.3 Å². The minimum absolute atomic E-state index is 0.118. The maximum absolute atomic E-state index is 12.2. The number of aryl methyl sites for hydroxylation is 1. The summed E-state index contributed by atoms with van der Waals surface area (Å²) in [5.74, 6) is 0.194. The molecule has 0 saturated carbocycles. The lowest BCUT2D eigenvalue weighted by atomic mass is 10.2. The summed E-state index contributed by atoms with van der Waals surface area (Å²) in [5.41, 5.74) is 1.64. The van der Waals surface area contributed by atoms with Crippen molar-refractivity contribution in [1.82, 2.24) is 4.57 Å². The molecule has 2 heterocycles. The second-order valence-corrected chi connectivity index (χ2v) is 6.30. The van der Waals surface area contributed by atoms with Gasteiger partial charge in [-0.25, -0.2) is 4.79 Å². The molecule has 2 aromatic carbocycles. The van der Waals surface area contributed by atoms with Crippen LogP contribution in [-0.4, -0.2) is 30.0 Å². The van der Waals surface area contributed by atoms with E-state index in [1.165, 1.54) is 0 Å². The molecule has 4 rings (SSSR count). The van der Waals surface area contributed by atoms with Gasteiger partial charge in [0, 0.05) is 30.1 Å². The molecule has 0 atom stereocenters. The number of aromatic nitrogens is 1. The van der Waals surface area contributed by atoms with Gasteiger partial charge in [0.1, 0.15) is 5.75 Å². The van der Waals surface area contributed by atoms with E-state index in [-0.39, 0.29) is 12.3 Å². The van der Waals surface area contributed by atoms with Crippen LogP contribution in [0.2, 0.25) is 0 Å². The van der Waals surface area contributed by atoms with Gasteiger partial charge in [0.15, 0.2) is 6.29 Å². The molecule has 0 unspecified atom stereocenters. The molecule has 1 saturated heterocycles. The van der Waals surface area contributed by atoms with Crippen LogP contribution in [-0.2, 0) is 16.0 Å². The van der Waals surface area contributed by atoms with Gasteiger partial charge < -0.3 is 18.8 Å². The number of carbonyl (C=O) groups excluding carboxylic acids is 1. The molecule has 134 valence electrons. The normalized spacial score (nSPS) is 15.2. The smallest absolute Gasteiger partial charge is 0.343 e. The van der Waals surface area contributed by atoms with Crippen LogP contribution in [0.25, 0.3) is 10.9 Å². The minimum Gasteiger partial charge on any atom is -0.423 e. The third kappa shape index (κ3) is 3.79. The first-order chi connectivity index (χ1) is 12.8. The lowest BCUT2D eigenvalue weighted by molar-refractivity contribution is -0.182. The highest BCUT2D eigenvalue weighted by Gasteiger charge is 2.15. The van der Waals surface area contributed by atoms with Crippen LogP contribution < -0.4 is 4.74 Å². The van der Waals surface area contributed by atoms with Crippen molar-refractivity contribution in [3.8, 4) is 5.75 Å². The Hall–Kier alpha value is -2.63. The standard InChI is InChI=1S/C21H21NO4/c23-21(16-5-2-1-3-6-16)26-18-7-8-19-17(15-18)9-11-22(19)12-10-20-24-13-4-14-25-20/h1-3,5-9,11,15,20H,4,10,12-14H2. The van der Waals surface area contributed by atoms with Crippen LogP contribution in [0.5, 0.6) is 5.75 Å². The van der Waals surface area contributed by atoms with E-state index in [1.54, 1.807) is 12.1 Å². The Bertz CT molecular complexity index is 881. The van der Waals surface area contributed by atoms with Gasteiger partial charge in [-0.05, 0) is 42.8 Å². The molecule has 1 aliphatic rings. The highest BCUT2D eigenvalue weighted by molar-refractivity contribution is 5.91. The first-order valence-corrected chi connectivity index (χ1v) is 8.89. The summed E-state index contributed by atoms with van der Waals surface area (Å²) in [6.45, 7) is 2.36. The third-order valence-electron chi connectivity index (χ3n) is 4.46. The Kier molecular flexibility index (Phi) is 5.00. The average molecular weight is 351 g/mol. The second-order valence-electron chi connectivity index (χ2n) is 6.30. The van der Waals surface area contributed by atoms with Crippen molar-refractivity contribution in [2.75, 3.05) is 13.2 Å². The van der Waals surface area contributed by atoms with E-state index in [0.717, 1.165) is 43.5 Å². The van der Waals surface area contributed by atoms with E-state index >= 15 is 0 Å². The molecular formula is C21H21NO4. The number of fused-ring (bicyclic) bond motifs is 1. The van der Waals surface area contributed by atoms with Crippen molar-refractivity contribution in [2.45, 2.75) is 25.7 Å². The van der Waals surface area contributed by atoms with Crippen LogP contribution in [0, 0.1) is 0 Å². The molecule has 0 N–H and O–H groups in total. The molecule has 0 radical (unpaired) electrons. The molecule has 5 nitrogen and oxygen atoms in total. The molecule has 5 heteroatoms. The molecule has 0 amide bonds. The van der Waals surface area contributed by atoms with Crippen LogP contribution in [0.1, 0.15) is 23.2 Å². The average Bonchev–Trinajstić information content (AvgIpc) is 3.10. The van der Waals surface area contributed by atoms with Gasteiger partial charge in [-0.15, -0.1) is 0 Å². The molecule has 0 aliphatic carbocycles. The molecular weight excluding hydrogens is 330 g/mol. The zero-order valence-electron chi connectivity index (χ0n) is 14.5. The van der Waals surface area contributed by atoms with E-state index in [4.69, 9.17) is 14.2 Å². The van der Waals surface area contributed by atoms with Crippen LogP contribution in [0.15, 0.2) is 60.8 Å². The lowest BCUT2D eigenvalue weighted by Gasteiger charge is -2.23. The zero-order valence-corrected chi connectivity index (χ0v) is 14.5.